The zero-order chi connectivity index (χ0) is 14.2. The molecule has 5 heteroatoms. The van der Waals surface area contributed by atoms with Crippen LogP contribution in [0.15, 0.2) is 35.2 Å². The highest BCUT2D eigenvalue weighted by Crippen LogP contribution is 2.21. The first-order chi connectivity index (χ1) is 9.74. The van der Waals surface area contributed by atoms with Crippen LogP contribution in [0.1, 0.15) is 13.3 Å². The molecule has 1 aromatic rings. The molecule has 0 radical (unpaired) electrons. The van der Waals surface area contributed by atoms with Crippen molar-refractivity contribution >= 4 is 17.8 Å². The highest BCUT2D eigenvalue weighted by Gasteiger charge is 2.16. The molecule has 0 aromatic heterocycles. The number of carbonyl (C=O) groups excluding carboxylic acids is 1. The molecule has 1 aromatic carbocycles. The fourth-order valence-electron chi connectivity index (χ4n) is 2.05. The molecule has 2 atom stereocenters. The monoisotopic (exact) mass is 294 g/mol. The average Bonchev–Trinajstić information content (AvgIpc) is 2.97. The molecule has 4 nitrogen and oxygen atoms in total. The largest absolute Gasteiger partial charge is 0.381 e. The van der Waals surface area contributed by atoms with Crippen LogP contribution in [0.25, 0.3) is 0 Å². The van der Waals surface area contributed by atoms with Crippen LogP contribution in [0.5, 0.6) is 0 Å². The smallest absolute Gasteiger partial charge is 0.314 e. The van der Waals surface area contributed by atoms with Crippen molar-refractivity contribution in [3.63, 3.8) is 0 Å². The van der Waals surface area contributed by atoms with Gasteiger partial charge in [0.2, 0.25) is 0 Å². The number of rotatable bonds is 6. The van der Waals surface area contributed by atoms with Gasteiger partial charge in [-0.25, -0.2) is 4.79 Å². The van der Waals surface area contributed by atoms with Gasteiger partial charge < -0.3 is 15.4 Å². The summed E-state index contributed by atoms with van der Waals surface area (Å²) in [5, 5.41) is 6.16. The zero-order valence-corrected chi connectivity index (χ0v) is 12.6. The summed E-state index contributed by atoms with van der Waals surface area (Å²) in [6.45, 7) is 5.06. The molecule has 0 spiro atoms. The van der Waals surface area contributed by atoms with Crippen LogP contribution >= 0.6 is 11.8 Å². The molecule has 1 fully saturated rings. The molecule has 20 heavy (non-hydrogen) atoms. The van der Waals surface area contributed by atoms with Crippen LogP contribution in [0.3, 0.4) is 0 Å². The van der Waals surface area contributed by atoms with E-state index in [-0.39, 0.29) is 6.03 Å². The van der Waals surface area contributed by atoms with E-state index in [2.05, 4.69) is 29.7 Å². The van der Waals surface area contributed by atoms with E-state index in [1.165, 1.54) is 4.90 Å². The third-order valence-corrected chi connectivity index (χ3v) is 4.32. The number of ether oxygens (including phenoxy) is 1. The van der Waals surface area contributed by atoms with Gasteiger partial charge in [-0.15, -0.1) is 11.8 Å². The topological polar surface area (TPSA) is 50.4 Å². The molecule has 1 heterocycles. The Morgan fingerprint density at radius 2 is 2.20 bits per heavy atom. The summed E-state index contributed by atoms with van der Waals surface area (Å²) in [6.07, 6.45) is 1.04. The lowest BCUT2D eigenvalue weighted by Gasteiger charge is -2.14. The number of urea groups is 1. The zero-order valence-electron chi connectivity index (χ0n) is 11.8. The van der Waals surface area contributed by atoms with Gasteiger partial charge in [-0.1, -0.05) is 25.1 Å². The van der Waals surface area contributed by atoms with Crippen molar-refractivity contribution in [2.75, 3.05) is 26.3 Å². The summed E-state index contributed by atoms with van der Waals surface area (Å²) >= 11 is 1.77. The van der Waals surface area contributed by atoms with E-state index in [0.717, 1.165) is 19.6 Å². The summed E-state index contributed by atoms with van der Waals surface area (Å²) in [4.78, 5) is 12.9. The molecule has 2 amide bonds. The summed E-state index contributed by atoms with van der Waals surface area (Å²) in [5.41, 5.74) is 0. The van der Waals surface area contributed by atoms with Gasteiger partial charge in [-0.05, 0) is 18.6 Å². The number of benzene rings is 1. The average molecular weight is 294 g/mol. The minimum atomic E-state index is -0.0857. The second kappa shape index (κ2) is 8.17. The molecular formula is C15H22N2O2S. The van der Waals surface area contributed by atoms with Gasteiger partial charge in [0.25, 0.3) is 0 Å². The van der Waals surface area contributed by atoms with Crippen LogP contribution < -0.4 is 10.6 Å². The van der Waals surface area contributed by atoms with Gasteiger partial charge in [0, 0.05) is 35.8 Å². The van der Waals surface area contributed by atoms with E-state index in [1.807, 2.05) is 18.2 Å². The standard InChI is InChI=1S/C15H22N2O2S/c1-12(20-14-5-3-2-4-6-14)9-16-15(18)17-10-13-7-8-19-11-13/h2-6,12-13H,7-11H2,1H3,(H2,16,17,18)/t12-,13-/m1/s1. The van der Waals surface area contributed by atoms with Crippen molar-refractivity contribution in [1.82, 2.24) is 10.6 Å². The maximum Gasteiger partial charge on any atom is 0.314 e. The van der Waals surface area contributed by atoms with Crippen LogP contribution in [-0.2, 0) is 4.74 Å². The number of hydrogen-bond acceptors (Lipinski definition) is 3. The number of carbonyl (C=O) groups is 1. The Labute approximate surface area is 124 Å². The van der Waals surface area contributed by atoms with Crippen LogP contribution in [-0.4, -0.2) is 37.6 Å². The van der Waals surface area contributed by atoms with E-state index in [0.29, 0.717) is 24.3 Å². The Morgan fingerprint density at radius 1 is 1.40 bits per heavy atom. The fraction of sp³-hybridized carbons (Fsp3) is 0.533. The van der Waals surface area contributed by atoms with Crippen molar-refractivity contribution in [3.05, 3.63) is 30.3 Å². The Hall–Kier alpha value is -1.20. The molecule has 1 saturated heterocycles. The van der Waals surface area contributed by atoms with Crippen LogP contribution in [0.2, 0.25) is 0 Å². The van der Waals surface area contributed by atoms with Crippen LogP contribution in [0, 0.1) is 5.92 Å². The number of hydrogen-bond donors (Lipinski definition) is 2. The van der Waals surface area contributed by atoms with Gasteiger partial charge in [0.05, 0.1) is 6.61 Å². The Morgan fingerprint density at radius 3 is 2.90 bits per heavy atom. The fourth-order valence-corrected chi connectivity index (χ4v) is 3.00. The Balaban J connectivity index is 1.60. The van der Waals surface area contributed by atoms with Crippen molar-refractivity contribution < 1.29 is 9.53 Å². The van der Waals surface area contributed by atoms with Crippen LogP contribution in [0.4, 0.5) is 4.79 Å². The Kier molecular flexibility index (Phi) is 6.21. The summed E-state index contributed by atoms with van der Waals surface area (Å²) < 4.78 is 5.28. The first kappa shape index (κ1) is 15.2. The number of amides is 2. The maximum atomic E-state index is 11.7. The summed E-state index contributed by atoms with van der Waals surface area (Å²) in [6, 6.07) is 10.1. The summed E-state index contributed by atoms with van der Waals surface area (Å²) in [5.74, 6) is 0.469. The first-order valence-corrected chi connectivity index (χ1v) is 7.93. The highest BCUT2D eigenvalue weighted by atomic mass is 32.2. The number of nitrogens with one attached hydrogen (secondary N) is 2. The van der Waals surface area contributed by atoms with Crippen molar-refractivity contribution in [2.45, 2.75) is 23.5 Å². The molecule has 0 aliphatic carbocycles. The highest BCUT2D eigenvalue weighted by molar-refractivity contribution is 8.00. The van der Waals surface area contributed by atoms with E-state index >= 15 is 0 Å². The third kappa shape index (κ3) is 5.43. The lowest BCUT2D eigenvalue weighted by Crippen LogP contribution is -2.40. The SMILES string of the molecule is C[C@H](CNC(=O)NC[C@H]1CCOC1)Sc1ccccc1. The minimum absolute atomic E-state index is 0.0857. The minimum Gasteiger partial charge on any atom is -0.381 e. The predicted molar refractivity (Wildman–Crippen MR) is 82.1 cm³/mol. The normalized spacial score (nSPS) is 19.6. The number of thioether (sulfide) groups is 1. The molecule has 0 saturated carbocycles. The van der Waals surface area contributed by atoms with E-state index in [9.17, 15) is 4.79 Å². The van der Waals surface area contributed by atoms with Gasteiger partial charge in [0.1, 0.15) is 0 Å². The summed E-state index contributed by atoms with van der Waals surface area (Å²) in [7, 11) is 0. The maximum absolute atomic E-state index is 11.7. The molecule has 1 aliphatic heterocycles. The molecule has 1 aliphatic rings. The second-order valence-electron chi connectivity index (χ2n) is 5.06. The molecule has 0 unspecified atom stereocenters. The van der Waals surface area contributed by atoms with E-state index < -0.39 is 0 Å². The lowest BCUT2D eigenvalue weighted by molar-refractivity contribution is 0.185. The van der Waals surface area contributed by atoms with Gasteiger partial charge >= 0.3 is 6.03 Å². The van der Waals surface area contributed by atoms with Gasteiger partial charge in [0.15, 0.2) is 0 Å². The van der Waals surface area contributed by atoms with Gasteiger partial charge in [-0.2, -0.15) is 0 Å². The lowest BCUT2D eigenvalue weighted by atomic mass is 10.1. The van der Waals surface area contributed by atoms with E-state index in [4.69, 9.17) is 4.74 Å². The Bertz CT molecular complexity index is 408. The molecular weight excluding hydrogens is 272 g/mol. The van der Waals surface area contributed by atoms with E-state index in [1.54, 1.807) is 11.8 Å². The third-order valence-electron chi connectivity index (χ3n) is 3.21. The first-order valence-electron chi connectivity index (χ1n) is 7.05. The predicted octanol–water partition coefficient (Wildman–Crippen LogP) is 2.50. The van der Waals surface area contributed by atoms with Crippen molar-refractivity contribution in [1.29, 1.82) is 0 Å². The molecule has 2 rings (SSSR count). The quantitative estimate of drug-likeness (QED) is 0.793. The van der Waals surface area contributed by atoms with Gasteiger partial charge in [-0.3, -0.25) is 0 Å². The van der Waals surface area contributed by atoms with Crippen molar-refractivity contribution in [3.8, 4) is 0 Å². The second-order valence-corrected chi connectivity index (χ2v) is 6.57. The molecule has 0 bridgehead atoms. The van der Waals surface area contributed by atoms with Crippen molar-refractivity contribution in [2.24, 2.45) is 5.92 Å². The molecule has 110 valence electrons. The molecule has 2 N–H and O–H groups in total.